The molecular weight excluding hydrogens is 330 g/mol. The summed E-state index contributed by atoms with van der Waals surface area (Å²) in [6.07, 6.45) is -0.145. The summed E-state index contributed by atoms with van der Waals surface area (Å²) in [6.45, 7) is 3.89. The maximum Gasteiger partial charge on any atom is 0.307 e. The number of sulfone groups is 1. The molecule has 7 heteroatoms. The van der Waals surface area contributed by atoms with Crippen molar-refractivity contribution < 1.29 is 22.7 Å². The predicted octanol–water partition coefficient (Wildman–Crippen LogP) is 1.27. The molecular formula is C17H23NO5S. The Labute approximate surface area is 142 Å². The van der Waals surface area contributed by atoms with Gasteiger partial charge in [0, 0.05) is 6.54 Å². The van der Waals surface area contributed by atoms with Crippen molar-refractivity contribution in [1.82, 2.24) is 5.32 Å². The highest BCUT2D eigenvalue weighted by atomic mass is 32.2. The van der Waals surface area contributed by atoms with Crippen molar-refractivity contribution in [2.24, 2.45) is 5.92 Å². The van der Waals surface area contributed by atoms with Gasteiger partial charge < -0.3 is 10.1 Å². The van der Waals surface area contributed by atoms with Gasteiger partial charge in [0.2, 0.25) is 0 Å². The summed E-state index contributed by atoms with van der Waals surface area (Å²) < 4.78 is 30.0. The third-order valence-corrected chi connectivity index (χ3v) is 7.33. The molecule has 2 rings (SSSR count). The third kappa shape index (κ3) is 3.23. The molecule has 0 unspecified atom stereocenters. The lowest BCUT2D eigenvalue weighted by Crippen LogP contribution is -2.58. The number of Topliss-reactive ketones (excluding diaryl/α,β-unsaturated/α-hetero) is 1. The predicted molar refractivity (Wildman–Crippen MR) is 89.4 cm³/mol. The van der Waals surface area contributed by atoms with Crippen molar-refractivity contribution in [2.75, 3.05) is 20.2 Å². The fourth-order valence-corrected chi connectivity index (χ4v) is 5.58. The molecule has 1 aromatic carbocycles. The van der Waals surface area contributed by atoms with Gasteiger partial charge in [-0.1, -0.05) is 17.7 Å². The van der Waals surface area contributed by atoms with Crippen LogP contribution in [0.4, 0.5) is 0 Å². The molecule has 0 aromatic heterocycles. The van der Waals surface area contributed by atoms with Crippen molar-refractivity contribution in [1.29, 1.82) is 0 Å². The number of hydrogen-bond donors (Lipinski definition) is 1. The first-order chi connectivity index (χ1) is 11.2. The maximum atomic E-state index is 13.4. The van der Waals surface area contributed by atoms with Crippen LogP contribution in [-0.2, 0) is 24.2 Å². The Kier molecular flexibility index (Phi) is 5.45. The van der Waals surface area contributed by atoms with Crippen molar-refractivity contribution in [3.63, 3.8) is 0 Å². The number of aryl methyl sites for hydroxylation is 1. The topological polar surface area (TPSA) is 89.5 Å². The second-order valence-electron chi connectivity index (χ2n) is 6.25. The van der Waals surface area contributed by atoms with Crippen LogP contribution in [0.15, 0.2) is 29.2 Å². The molecule has 0 bridgehead atoms. The van der Waals surface area contributed by atoms with Crippen LogP contribution in [-0.4, -0.2) is 45.1 Å². The largest absolute Gasteiger partial charge is 0.469 e. The summed E-state index contributed by atoms with van der Waals surface area (Å²) in [5, 5.41) is 3.06. The molecule has 1 fully saturated rings. The number of carbonyl (C=O) groups excluding carboxylic acids is 2. The molecule has 0 amide bonds. The summed E-state index contributed by atoms with van der Waals surface area (Å²) in [4.78, 5) is 24.3. The zero-order valence-electron chi connectivity index (χ0n) is 14.2. The molecule has 1 aromatic rings. The SMILES string of the molecule is COC(=O)C[C@]1(S(=O)(=O)c2ccc(C)cc2)CCNC[C@@H]1C(C)=O. The minimum absolute atomic E-state index is 0.130. The monoisotopic (exact) mass is 353 g/mol. The second-order valence-corrected chi connectivity index (χ2v) is 8.54. The third-order valence-electron chi connectivity index (χ3n) is 4.74. The smallest absolute Gasteiger partial charge is 0.307 e. The Hall–Kier alpha value is -1.73. The van der Waals surface area contributed by atoms with Crippen LogP contribution < -0.4 is 5.32 Å². The first-order valence-corrected chi connectivity index (χ1v) is 9.32. The van der Waals surface area contributed by atoms with E-state index >= 15 is 0 Å². The Morgan fingerprint density at radius 2 is 1.92 bits per heavy atom. The Bertz CT molecular complexity index is 726. The van der Waals surface area contributed by atoms with E-state index in [2.05, 4.69) is 5.32 Å². The molecule has 1 N–H and O–H groups in total. The second kappa shape index (κ2) is 7.03. The van der Waals surface area contributed by atoms with E-state index in [1.165, 1.54) is 26.2 Å². The number of nitrogens with one attached hydrogen (secondary N) is 1. The summed E-state index contributed by atoms with van der Waals surface area (Å²) in [7, 11) is -2.68. The van der Waals surface area contributed by atoms with Crippen LogP contribution in [0.3, 0.4) is 0 Å². The quantitative estimate of drug-likeness (QED) is 0.802. The first kappa shape index (κ1) is 18.6. The van der Waals surface area contributed by atoms with E-state index in [0.717, 1.165) is 5.56 Å². The number of hydrogen-bond acceptors (Lipinski definition) is 6. The van der Waals surface area contributed by atoms with Gasteiger partial charge in [0.1, 0.15) is 5.78 Å². The molecule has 1 saturated heterocycles. The van der Waals surface area contributed by atoms with E-state index in [-0.39, 0.29) is 30.1 Å². The van der Waals surface area contributed by atoms with Gasteiger partial charge in [0.05, 0.1) is 29.1 Å². The summed E-state index contributed by atoms with van der Waals surface area (Å²) in [5.41, 5.74) is 0.935. The van der Waals surface area contributed by atoms with Gasteiger partial charge in [-0.3, -0.25) is 9.59 Å². The molecule has 24 heavy (non-hydrogen) atoms. The lowest BCUT2D eigenvalue weighted by molar-refractivity contribution is -0.142. The van der Waals surface area contributed by atoms with Gasteiger partial charge in [-0.25, -0.2) is 8.42 Å². The minimum Gasteiger partial charge on any atom is -0.469 e. The molecule has 0 spiro atoms. The lowest BCUT2D eigenvalue weighted by Gasteiger charge is -2.41. The van der Waals surface area contributed by atoms with Crippen molar-refractivity contribution in [2.45, 2.75) is 36.3 Å². The number of methoxy groups -OCH3 is 1. The molecule has 0 radical (unpaired) electrons. The normalized spacial score (nSPS) is 24.4. The summed E-state index contributed by atoms with van der Waals surface area (Å²) in [6, 6.07) is 6.48. The number of rotatable bonds is 5. The molecule has 132 valence electrons. The molecule has 0 saturated carbocycles. The maximum absolute atomic E-state index is 13.4. The number of esters is 1. The number of piperidine rings is 1. The highest BCUT2D eigenvalue weighted by molar-refractivity contribution is 7.93. The molecule has 6 nitrogen and oxygen atoms in total. The first-order valence-electron chi connectivity index (χ1n) is 7.84. The van der Waals surface area contributed by atoms with E-state index in [4.69, 9.17) is 4.74 Å². The van der Waals surface area contributed by atoms with E-state index in [1.807, 2.05) is 6.92 Å². The van der Waals surface area contributed by atoms with Gasteiger partial charge in [-0.15, -0.1) is 0 Å². The summed E-state index contributed by atoms with van der Waals surface area (Å²) >= 11 is 0. The lowest BCUT2D eigenvalue weighted by atomic mass is 9.80. The van der Waals surface area contributed by atoms with Crippen LogP contribution in [0.5, 0.6) is 0 Å². The summed E-state index contributed by atoms with van der Waals surface area (Å²) in [5.74, 6) is -1.67. The van der Waals surface area contributed by atoms with E-state index in [0.29, 0.717) is 6.54 Å². The number of ether oxygens (including phenoxy) is 1. The molecule has 1 aliphatic heterocycles. The van der Waals surface area contributed by atoms with Crippen LogP contribution in [0.1, 0.15) is 25.3 Å². The number of benzene rings is 1. The Morgan fingerprint density at radius 3 is 2.46 bits per heavy atom. The Balaban J connectivity index is 2.62. The van der Waals surface area contributed by atoms with Crippen molar-refractivity contribution in [3.05, 3.63) is 29.8 Å². The minimum atomic E-state index is -3.90. The van der Waals surface area contributed by atoms with Gasteiger partial charge in [0.25, 0.3) is 0 Å². The highest BCUT2D eigenvalue weighted by Gasteiger charge is 2.55. The zero-order chi connectivity index (χ0) is 18.0. The van der Waals surface area contributed by atoms with Crippen LogP contribution in [0.2, 0.25) is 0 Å². The average Bonchev–Trinajstić information content (AvgIpc) is 2.55. The van der Waals surface area contributed by atoms with E-state index < -0.39 is 26.5 Å². The van der Waals surface area contributed by atoms with Gasteiger partial charge in [-0.05, 0) is 38.9 Å². The van der Waals surface area contributed by atoms with E-state index in [9.17, 15) is 18.0 Å². The molecule has 1 heterocycles. The molecule has 2 atom stereocenters. The van der Waals surface area contributed by atoms with Crippen LogP contribution in [0.25, 0.3) is 0 Å². The molecule has 0 aliphatic carbocycles. The van der Waals surface area contributed by atoms with Gasteiger partial charge in [-0.2, -0.15) is 0 Å². The Morgan fingerprint density at radius 1 is 1.29 bits per heavy atom. The zero-order valence-corrected chi connectivity index (χ0v) is 15.0. The van der Waals surface area contributed by atoms with Crippen molar-refractivity contribution >= 4 is 21.6 Å². The number of ketones is 1. The van der Waals surface area contributed by atoms with Crippen LogP contribution >= 0.6 is 0 Å². The van der Waals surface area contributed by atoms with Crippen LogP contribution in [0, 0.1) is 12.8 Å². The van der Waals surface area contributed by atoms with E-state index in [1.54, 1.807) is 12.1 Å². The fourth-order valence-electron chi connectivity index (χ4n) is 3.32. The fraction of sp³-hybridized carbons (Fsp3) is 0.529. The average molecular weight is 353 g/mol. The van der Waals surface area contributed by atoms with Gasteiger partial charge in [0.15, 0.2) is 9.84 Å². The standard InChI is InChI=1S/C17H23NO5S/c1-12-4-6-14(7-5-12)24(21,22)17(10-16(20)23-3)8-9-18-11-15(17)13(2)19/h4-7,15,18H,8-11H2,1-3H3/t15-,17-/m1/s1. The highest BCUT2D eigenvalue weighted by Crippen LogP contribution is 2.41. The van der Waals surface area contributed by atoms with Gasteiger partial charge >= 0.3 is 5.97 Å². The van der Waals surface area contributed by atoms with Crippen molar-refractivity contribution in [3.8, 4) is 0 Å². The number of carbonyl (C=O) groups is 2. The molecule has 1 aliphatic rings.